The van der Waals surface area contributed by atoms with Crippen LogP contribution >= 0.6 is 0 Å². The zero-order chi connectivity index (χ0) is 20.1. The van der Waals surface area contributed by atoms with E-state index < -0.39 is 18.8 Å². The van der Waals surface area contributed by atoms with Crippen molar-refractivity contribution >= 4 is 17.8 Å². The van der Waals surface area contributed by atoms with Crippen LogP contribution in [-0.4, -0.2) is 31.6 Å². The van der Waals surface area contributed by atoms with Gasteiger partial charge >= 0.3 is 12.1 Å². The van der Waals surface area contributed by atoms with Gasteiger partial charge in [-0.1, -0.05) is 41.6 Å². The Hall–Kier alpha value is -3.13. The fourth-order valence-corrected chi connectivity index (χ4v) is 2.66. The smallest absolute Gasteiger partial charge is 0.411 e. The van der Waals surface area contributed by atoms with Crippen LogP contribution < -0.4 is 4.74 Å². The van der Waals surface area contributed by atoms with E-state index in [1.165, 1.54) is 7.11 Å². The van der Waals surface area contributed by atoms with Crippen LogP contribution in [0.4, 0.5) is 13.2 Å². The quantitative estimate of drug-likeness (QED) is 0.549. The summed E-state index contributed by atoms with van der Waals surface area (Å²) < 4.78 is 46.8. The standard InChI is InChI=1S/C20H16F3NO4/c1-26-17-8-7-13(9-15(17)11-27-12-20(21,22)23)10-16-18(24-28-19(16)25)14-5-3-2-4-6-14/h2-10H,11-12H2,1H3/b16-10+. The Balaban J connectivity index is 1.87. The van der Waals surface area contributed by atoms with E-state index in [-0.39, 0.29) is 12.2 Å². The maximum atomic E-state index is 12.3. The van der Waals surface area contributed by atoms with Crippen molar-refractivity contribution < 1.29 is 32.3 Å². The van der Waals surface area contributed by atoms with Gasteiger partial charge in [0, 0.05) is 11.1 Å². The lowest BCUT2D eigenvalue weighted by Gasteiger charge is -2.12. The van der Waals surface area contributed by atoms with Gasteiger partial charge in [0.05, 0.1) is 19.3 Å². The van der Waals surface area contributed by atoms with E-state index in [2.05, 4.69) is 5.16 Å². The molecule has 0 bridgehead atoms. The molecule has 0 fully saturated rings. The van der Waals surface area contributed by atoms with E-state index in [0.29, 0.717) is 28.2 Å². The molecule has 0 atom stereocenters. The minimum absolute atomic E-state index is 0.249. The van der Waals surface area contributed by atoms with Crippen molar-refractivity contribution in [3.05, 3.63) is 70.8 Å². The number of benzene rings is 2. The highest BCUT2D eigenvalue weighted by Crippen LogP contribution is 2.26. The number of hydrogen-bond acceptors (Lipinski definition) is 5. The highest BCUT2D eigenvalue weighted by atomic mass is 19.4. The minimum Gasteiger partial charge on any atom is -0.496 e. The number of ether oxygens (including phenoxy) is 2. The number of oxime groups is 1. The normalized spacial score (nSPS) is 15.5. The van der Waals surface area contributed by atoms with E-state index in [4.69, 9.17) is 14.3 Å². The molecule has 8 heteroatoms. The number of hydrogen-bond donors (Lipinski definition) is 0. The first kappa shape index (κ1) is 19.6. The number of alkyl halides is 3. The summed E-state index contributed by atoms with van der Waals surface area (Å²) in [5.74, 6) is -0.222. The van der Waals surface area contributed by atoms with Crippen molar-refractivity contribution in [3.63, 3.8) is 0 Å². The number of methoxy groups -OCH3 is 1. The molecular formula is C20H16F3NO4. The molecule has 28 heavy (non-hydrogen) atoms. The van der Waals surface area contributed by atoms with Gasteiger partial charge in [0.1, 0.15) is 18.1 Å². The fourth-order valence-electron chi connectivity index (χ4n) is 2.66. The lowest BCUT2D eigenvalue weighted by atomic mass is 10.00. The molecule has 146 valence electrons. The molecule has 3 rings (SSSR count). The van der Waals surface area contributed by atoms with Crippen LogP contribution in [0, 0.1) is 0 Å². The van der Waals surface area contributed by atoms with Gasteiger partial charge in [-0.25, -0.2) is 4.79 Å². The van der Waals surface area contributed by atoms with Gasteiger partial charge in [0.2, 0.25) is 0 Å². The lowest BCUT2D eigenvalue weighted by molar-refractivity contribution is -0.176. The molecule has 0 amide bonds. The van der Waals surface area contributed by atoms with Gasteiger partial charge in [-0.3, -0.25) is 0 Å². The van der Waals surface area contributed by atoms with E-state index in [0.717, 1.165) is 0 Å². The third kappa shape index (κ3) is 4.77. The van der Waals surface area contributed by atoms with Crippen LogP contribution in [-0.2, 0) is 21.0 Å². The molecule has 0 aromatic heterocycles. The molecule has 0 saturated carbocycles. The van der Waals surface area contributed by atoms with Gasteiger partial charge in [-0.05, 0) is 23.8 Å². The van der Waals surface area contributed by atoms with E-state index in [1.54, 1.807) is 36.4 Å². The van der Waals surface area contributed by atoms with Crippen LogP contribution in [0.5, 0.6) is 5.75 Å². The summed E-state index contributed by atoms with van der Waals surface area (Å²) in [5.41, 5.74) is 2.34. The topological polar surface area (TPSA) is 57.1 Å². The third-order valence-electron chi connectivity index (χ3n) is 3.88. The van der Waals surface area contributed by atoms with Crippen molar-refractivity contribution in [1.82, 2.24) is 0 Å². The summed E-state index contributed by atoms with van der Waals surface area (Å²) >= 11 is 0. The van der Waals surface area contributed by atoms with Crippen molar-refractivity contribution in [2.24, 2.45) is 5.16 Å². The zero-order valence-electron chi connectivity index (χ0n) is 14.8. The van der Waals surface area contributed by atoms with Gasteiger partial charge < -0.3 is 14.3 Å². The average molecular weight is 391 g/mol. The Kier molecular flexibility index (Phi) is 5.79. The number of rotatable bonds is 6. The van der Waals surface area contributed by atoms with Gasteiger partial charge in [-0.2, -0.15) is 13.2 Å². The number of carbonyl (C=O) groups excluding carboxylic acids is 1. The first-order chi connectivity index (χ1) is 13.4. The molecule has 2 aromatic rings. The maximum Gasteiger partial charge on any atom is 0.411 e. The molecule has 0 saturated heterocycles. The van der Waals surface area contributed by atoms with Gasteiger partial charge in [0.25, 0.3) is 0 Å². The largest absolute Gasteiger partial charge is 0.496 e. The Bertz CT molecular complexity index is 921. The number of halogens is 3. The predicted molar refractivity (Wildman–Crippen MR) is 95.8 cm³/mol. The lowest BCUT2D eigenvalue weighted by Crippen LogP contribution is -2.16. The highest BCUT2D eigenvalue weighted by molar-refractivity contribution is 6.31. The van der Waals surface area contributed by atoms with Crippen molar-refractivity contribution in [2.45, 2.75) is 12.8 Å². The summed E-state index contributed by atoms with van der Waals surface area (Å²) in [5, 5.41) is 3.82. The molecule has 1 aliphatic rings. The predicted octanol–water partition coefficient (Wildman–Crippen LogP) is 4.12. The average Bonchev–Trinajstić information content (AvgIpc) is 3.02. The van der Waals surface area contributed by atoms with Gasteiger partial charge in [0.15, 0.2) is 0 Å². The third-order valence-corrected chi connectivity index (χ3v) is 3.88. The van der Waals surface area contributed by atoms with Crippen molar-refractivity contribution in [1.29, 1.82) is 0 Å². The van der Waals surface area contributed by atoms with Crippen LogP contribution in [0.1, 0.15) is 16.7 Å². The summed E-state index contributed by atoms with van der Waals surface area (Å²) in [6, 6.07) is 13.9. The van der Waals surface area contributed by atoms with Crippen molar-refractivity contribution in [2.75, 3.05) is 13.7 Å². The molecule has 2 aromatic carbocycles. The highest BCUT2D eigenvalue weighted by Gasteiger charge is 2.28. The van der Waals surface area contributed by atoms with Crippen LogP contribution in [0.15, 0.2) is 59.3 Å². The molecule has 0 spiro atoms. The fraction of sp³-hybridized carbons (Fsp3) is 0.200. The van der Waals surface area contributed by atoms with Gasteiger partial charge in [-0.15, -0.1) is 0 Å². The van der Waals surface area contributed by atoms with Crippen LogP contribution in [0.2, 0.25) is 0 Å². The summed E-state index contributed by atoms with van der Waals surface area (Å²) in [7, 11) is 1.41. The summed E-state index contributed by atoms with van der Waals surface area (Å²) in [6.07, 6.45) is -2.85. The monoisotopic (exact) mass is 391 g/mol. The second-order valence-corrected chi connectivity index (χ2v) is 5.92. The molecular weight excluding hydrogens is 375 g/mol. The molecule has 0 radical (unpaired) electrons. The summed E-state index contributed by atoms with van der Waals surface area (Å²) in [4.78, 5) is 16.9. The first-order valence-corrected chi connectivity index (χ1v) is 8.25. The van der Waals surface area contributed by atoms with E-state index in [1.807, 2.05) is 18.2 Å². The maximum absolute atomic E-state index is 12.3. The molecule has 0 aliphatic carbocycles. The van der Waals surface area contributed by atoms with Crippen LogP contribution in [0.3, 0.4) is 0 Å². The van der Waals surface area contributed by atoms with Crippen molar-refractivity contribution in [3.8, 4) is 5.75 Å². The minimum atomic E-state index is -4.42. The Morgan fingerprint density at radius 2 is 1.89 bits per heavy atom. The first-order valence-electron chi connectivity index (χ1n) is 8.25. The zero-order valence-corrected chi connectivity index (χ0v) is 14.8. The summed E-state index contributed by atoms with van der Waals surface area (Å²) in [6.45, 7) is -1.65. The second kappa shape index (κ2) is 8.26. The Labute approximate surface area is 159 Å². The second-order valence-electron chi connectivity index (χ2n) is 5.92. The Morgan fingerprint density at radius 3 is 2.57 bits per heavy atom. The molecule has 1 heterocycles. The van der Waals surface area contributed by atoms with E-state index in [9.17, 15) is 18.0 Å². The number of nitrogens with zero attached hydrogens (tertiary/aromatic N) is 1. The van der Waals surface area contributed by atoms with E-state index >= 15 is 0 Å². The Morgan fingerprint density at radius 1 is 1.14 bits per heavy atom. The van der Waals surface area contributed by atoms with Crippen LogP contribution in [0.25, 0.3) is 6.08 Å². The number of carbonyl (C=O) groups is 1. The molecule has 0 unspecified atom stereocenters. The molecule has 5 nitrogen and oxygen atoms in total. The molecule has 0 N–H and O–H groups in total. The SMILES string of the molecule is COc1ccc(/C=C2/C(=O)ON=C2c2ccccc2)cc1COCC(F)(F)F. The molecule has 1 aliphatic heterocycles.